The van der Waals surface area contributed by atoms with Gasteiger partial charge in [-0.3, -0.25) is 14.4 Å². The molecule has 29 heavy (non-hydrogen) atoms. The van der Waals surface area contributed by atoms with Gasteiger partial charge in [0.2, 0.25) is 5.91 Å². The lowest BCUT2D eigenvalue weighted by atomic mass is 10.1. The van der Waals surface area contributed by atoms with Crippen LogP contribution in [0.1, 0.15) is 27.6 Å². The molecule has 0 saturated carbocycles. The second-order valence-electron chi connectivity index (χ2n) is 6.23. The first kappa shape index (κ1) is 20.1. The molecule has 0 unspecified atom stereocenters. The number of carbonyl (C=O) groups excluding carboxylic acids is 3. The molecule has 0 aromatic heterocycles. The fourth-order valence-electron chi connectivity index (χ4n) is 2.59. The molecule has 0 radical (unpaired) electrons. The molecule has 0 heterocycles. The minimum atomic E-state index is -0.368. The van der Waals surface area contributed by atoms with Gasteiger partial charge in [0.25, 0.3) is 11.8 Å². The molecule has 0 atom stereocenters. The average molecular weight is 408 g/mol. The maximum atomic E-state index is 12.5. The second kappa shape index (κ2) is 9.03. The Morgan fingerprint density at radius 3 is 1.93 bits per heavy atom. The third-order valence-corrected chi connectivity index (χ3v) is 4.31. The van der Waals surface area contributed by atoms with Crippen molar-refractivity contribution < 1.29 is 14.4 Å². The molecule has 146 valence electrons. The van der Waals surface area contributed by atoms with Gasteiger partial charge in [0.15, 0.2) is 0 Å². The molecule has 0 saturated heterocycles. The predicted molar refractivity (Wildman–Crippen MR) is 115 cm³/mol. The molecular weight excluding hydrogens is 390 g/mol. The van der Waals surface area contributed by atoms with Gasteiger partial charge in [0, 0.05) is 29.4 Å². The molecule has 0 spiro atoms. The van der Waals surface area contributed by atoms with Crippen molar-refractivity contribution in [3.05, 3.63) is 88.9 Å². The summed E-state index contributed by atoms with van der Waals surface area (Å²) in [6.07, 6.45) is 0. The standard InChI is InChI=1S/C22H18ClN3O3/c1-14(27)24-18-11-12-19(23)20(13-18)26-22(29)16-7-9-17(10-8-16)25-21(28)15-5-3-2-4-6-15/h2-13H,1H3,(H,24,27)(H,25,28)(H,26,29). The van der Waals surface area contributed by atoms with E-state index in [9.17, 15) is 14.4 Å². The molecule has 0 fully saturated rings. The summed E-state index contributed by atoms with van der Waals surface area (Å²) in [5, 5.41) is 8.48. The molecule has 0 aliphatic carbocycles. The van der Waals surface area contributed by atoms with E-state index in [0.717, 1.165) is 0 Å². The monoisotopic (exact) mass is 407 g/mol. The van der Waals surface area contributed by atoms with Crippen LogP contribution in [0.2, 0.25) is 5.02 Å². The molecule has 3 N–H and O–H groups in total. The van der Waals surface area contributed by atoms with Crippen molar-refractivity contribution in [3.63, 3.8) is 0 Å². The first-order chi connectivity index (χ1) is 13.9. The fourth-order valence-corrected chi connectivity index (χ4v) is 2.76. The molecule has 0 aliphatic rings. The van der Waals surface area contributed by atoms with Gasteiger partial charge in [-0.25, -0.2) is 0 Å². The highest BCUT2D eigenvalue weighted by molar-refractivity contribution is 6.34. The van der Waals surface area contributed by atoms with E-state index in [-0.39, 0.29) is 17.7 Å². The number of nitrogens with one attached hydrogen (secondary N) is 3. The van der Waals surface area contributed by atoms with Crippen molar-refractivity contribution in [3.8, 4) is 0 Å². The molecule has 0 aliphatic heterocycles. The Kier molecular flexibility index (Phi) is 6.26. The highest BCUT2D eigenvalue weighted by Gasteiger charge is 2.11. The van der Waals surface area contributed by atoms with Gasteiger partial charge in [-0.1, -0.05) is 29.8 Å². The van der Waals surface area contributed by atoms with Crippen molar-refractivity contribution >= 4 is 46.4 Å². The molecule has 3 amide bonds. The summed E-state index contributed by atoms with van der Waals surface area (Å²) in [5.74, 6) is -0.824. The molecule has 3 aromatic carbocycles. The van der Waals surface area contributed by atoms with Crippen molar-refractivity contribution in [2.45, 2.75) is 6.92 Å². The summed E-state index contributed by atoms with van der Waals surface area (Å²) in [4.78, 5) is 35.9. The van der Waals surface area contributed by atoms with Gasteiger partial charge in [-0.05, 0) is 54.6 Å². The highest BCUT2D eigenvalue weighted by atomic mass is 35.5. The van der Waals surface area contributed by atoms with Crippen LogP contribution in [-0.4, -0.2) is 17.7 Å². The Hall–Kier alpha value is -3.64. The molecule has 7 heteroatoms. The number of carbonyl (C=O) groups is 3. The van der Waals surface area contributed by atoms with E-state index in [4.69, 9.17) is 11.6 Å². The fraction of sp³-hybridized carbons (Fsp3) is 0.0455. The third kappa shape index (κ3) is 5.43. The van der Waals surface area contributed by atoms with Gasteiger partial charge in [-0.15, -0.1) is 0 Å². The largest absolute Gasteiger partial charge is 0.326 e. The Balaban J connectivity index is 1.68. The van der Waals surface area contributed by atoms with Crippen molar-refractivity contribution in [1.82, 2.24) is 0 Å². The quantitative estimate of drug-likeness (QED) is 0.567. The minimum Gasteiger partial charge on any atom is -0.326 e. The van der Waals surface area contributed by atoms with E-state index in [2.05, 4.69) is 16.0 Å². The van der Waals surface area contributed by atoms with E-state index >= 15 is 0 Å². The normalized spacial score (nSPS) is 10.1. The maximum Gasteiger partial charge on any atom is 0.255 e. The number of hydrogen-bond acceptors (Lipinski definition) is 3. The zero-order valence-corrected chi connectivity index (χ0v) is 16.3. The molecule has 0 bridgehead atoms. The van der Waals surface area contributed by atoms with E-state index in [0.29, 0.717) is 33.2 Å². The zero-order valence-electron chi connectivity index (χ0n) is 15.5. The predicted octanol–water partition coefficient (Wildman–Crippen LogP) is 4.80. The maximum absolute atomic E-state index is 12.5. The third-order valence-electron chi connectivity index (χ3n) is 3.98. The Bertz CT molecular complexity index is 1050. The van der Waals surface area contributed by atoms with Crippen LogP contribution < -0.4 is 16.0 Å². The summed E-state index contributed by atoms with van der Waals surface area (Å²) >= 11 is 6.13. The number of hydrogen-bond donors (Lipinski definition) is 3. The summed E-state index contributed by atoms with van der Waals surface area (Å²) < 4.78 is 0. The van der Waals surface area contributed by atoms with E-state index in [1.807, 2.05) is 6.07 Å². The van der Waals surface area contributed by atoms with Crippen molar-refractivity contribution in [2.24, 2.45) is 0 Å². The lowest BCUT2D eigenvalue weighted by Gasteiger charge is -2.11. The Morgan fingerprint density at radius 2 is 1.28 bits per heavy atom. The summed E-state index contributed by atoms with van der Waals surface area (Å²) in [6, 6.07) is 20.1. The van der Waals surface area contributed by atoms with Crippen molar-refractivity contribution in [1.29, 1.82) is 0 Å². The second-order valence-corrected chi connectivity index (χ2v) is 6.63. The number of rotatable bonds is 5. The van der Waals surface area contributed by atoms with Crippen molar-refractivity contribution in [2.75, 3.05) is 16.0 Å². The van der Waals surface area contributed by atoms with Crippen LogP contribution >= 0.6 is 11.6 Å². The van der Waals surface area contributed by atoms with Gasteiger partial charge >= 0.3 is 0 Å². The number of halogens is 1. The van der Waals surface area contributed by atoms with Crippen LogP contribution in [-0.2, 0) is 4.79 Å². The zero-order chi connectivity index (χ0) is 20.8. The lowest BCUT2D eigenvalue weighted by molar-refractivity contribution is -0.114. The van der Waals surface area contributed by atoms with Gasteiger partial charge in [0.05, 0.1) is 10.7 Å². The average Bonchev–Trinajstić information content (AvgIpc) is 2.71. The highest BCUT2D eigenvalue weighted by Crippen LogP contribution is 2.26. The summed E-state index contributed by atoms with van der Waals surface area (Å²) in [6.45, 7) is 1.39. The van der Waals surface area contributed by atoms with Crippen LogP contribution in [0.3, 0.4) is 0 Å². The topological polar surface area (TPSA) is 87.3 Å². The van der Waals surface area contributed by atoms with E-state index in [1.165, 1.54) is 6.92 Å². The lowest BCUT2D eigenvalue weighted by Crippen LogP contribution is -2.14. The minimum absolute atomic E-state index is 0.224. The summed E-state index contributed by atoms with van der Waals surface area (Å²) in [7, 11) is 0. The van der Waals surface area contributed by atoms with Gasteiger partial charge in [0.1, 0.15) is 0 Å². The first-order valence-corrected chi connectivity index (χ1v) is 9.15. The van der Waals surface area contributed by atoms with Gasteiger partial charge < -0.3 is 16.0 Å². The first-order valence-electron chi connectivity index (χ1n) is 8.77. The number of amides is 3. The van der Waals surface area contributed by atoms with Crippen LogP contribution in [0.5, 0.6) is 0 Å². The van der Waals surface area contributed by atoms with Crippen LogP contribution in [0.15, 0.2) is 72.8 Å². The SMILES string of the molecule is CC(=O)Nc1ccc(Cl)c(NC(=O)c2ccc(NC(=O)c3ccccc3)cc2)c1. The smallest absolute Gasteiger partial charge is 0.255 e. The molecule has 3 aromatic rings. The number of anilines is 3. The number of benzene rings is 3. The molecule has 6 nitrogen and oxygen atoms in total. The molecular formula is C22H18ClN3O3. The van der Waals surface area contributed by atoms with Gasteiger partial charge in [-0.2, -0.15) is 0 Å². The molecule has 3 rings (SSSR count). The van der Waals surface area contributed by atoms with E-state index in [1.54, 1.807) is 66.7 Å². The summed E-state index contributed by atoms with van der Waals surface area (Å²) in [5.41, 5.74) is 2.41. The van der Waals surface area contributed by atoms with Crippen LogP contribution in [0.25, 0.3) is 0 Å². The Labute approximate surface area is 172 Å². The van der Waals surface area contributed by atoms with Crippen LogP contribution in [0.4, 0.5) is 17.1 Å². The van der Waals surface area contributed by atoms with Crippen LogP contribution in [0, 0.1) is 0 Å². The Morgan fingerprint density at radius 1 is 0.690 bits per heavy atom. The van der Waals surface area contributed by atoms with E-state index < -0.39 is 0 Å².